The second-order valence-corrected chi connectivity index (χ2v) is 7.40. The van der Waals surface area contributed by atoms with E-state index in [4.69, 9.17) is 9.47 Å². The van der Waals surface area contributed by atoms with Crippen molar-refractivity contribution in [1.29, 1.82) is 0 Å². The van der Waals surface area contributed by atoms with Crippen LogP contribution in [0.1, 0.15) is 23.1 Å². The number of rotatable bonds is 7. The molecule has 0 saturated heterocycles. The van der Waals surface area contributed by atoms with Gasteiger partial charge in [-0.15, -0.1) is 0 Å². The lowest BCUT2D eigenvalue weighted by atomic mass is 9.85. The largest absolute Gasteiger partial charge is 0.497 e. The van der Waals surface area contributed by atoms with Gasteiger partial charge in [0, 0.05) is 12.0 Å². The topological polar surface area (TPSA) is 47.6 Å². The summed E-state index contributed by atoms with van der Waals surface area (Å²) in [6.45, 7) is 0.530. The van der Waals surface area contributed by atoms with Crippen LogP contribution in [0.15, 0.2) is 78.9 Å². The summed E-state index contributed by atoms with van der Waals surface area (Å²) in [5, 5.41) is 3.11. The van der Waals surface area contributed by atoms with Crippen LogP contribution in [0.4, 0.5) is 0 Å². The maximum absolute atomic E-state index is 13.1. The fourth-order valence-electron chi connectivity index (χ4n) is 4.09. The molecule has 4 heteroatoms. The Labute approximate surface area is 171 Å². The summed E-state index contributed by atoms with van der Waals surface area (Å²) in [7, 11) is 3.32. The van der Waals surface area contributed by atoms with Gasteiger partial charge in [0.2, 0.25) is 5.91 Å². The van der Waals surface area contributed by atoms with Crippen LogP contribution in [0.5, 0.6) is 11.5 Å². The minimum atomic E-state index is -0.371. The number of carbonyl (C=O) groups is 1. The van der Waals surface area contributed by atoms with Gasteiger partial charge in [-0.1, -0.05) is 54.6 Å². The molecule has 0 aliphatic heterocycles. The Balaban J connectivity index is 1.64. The molecule has 3 aromatic carbocycles. The number of amides is 1. The minimum Gasteiger partial charge on any atom is -0.497 e. The number of hydrogen-bond donors (Lipinski definition) is 1. The van der Waals surface area contributed by atoms with E-state index in [0.717, 1.165) is 34.6 Å². The van der Waals surface area contributed by atoms with Crippen LogP contribution in [-0.4, -0.2) is 20.1 Å². The van der Waals surface area contributed by atoms with Crippen LogP contribution in [0.25, 0.3) is 0 Å². The van der Waals surface area contributed by atoms with Crippen molar-refractivity contribution in [1.82, 2.24) is 5.32 Å². The summed E-state index contributed by atoms with van der Waals surface area (Å²) in [4.78, 5) is 13.1. The first-order chi connectivity index (χ1) is 14.2. The van der Waals surface area contributed by atoms with Crippen molar-refractivity contribution in [2.75, 3.05) is 14.2 Å². The van der Waals surface area contributed by atoms with Gasteiger partial charge in [0.05, 0.1) is 20.1 Å². The van der Waals surface area contributed by atoms with Gasteiger partial charge < -0.3 is 14.8 Å². The lowest BCUT2D eigenvalue weighted by Gasteiger charge is -2.20. The van der Waals surface area contributed by atoms with Crippen molar-refractivity contribution < 1.29 is 14.3 Å². The fraction of sp³-hybridized carbons (Fsp3) is 0.240. The van der Waals surface area contributed by atoms with Crippen LogP contribution in [-0.2, 0) is 16.8 Å². The summed E-state index contributed by atoms with van der Waals surface area (Å²) < 4.78 is 10.9. The van der Waals surface area contributed by atoms with Gasteiger partial charge in [-0.2, -0.15) is 0 Å². The fourth-order valence-corrected chi connectivity index (χ4v) is 4.09. The molecule has 1 N–H and O–H groups in total. The van der Waals surface area contributed by atoms with Crippen LogP contribution in [0, 0.1) is 5.92 Å². The van der Waals surface area contributed by atoms with Crippen LogP contribution >= 0.6 is 0 Å². The highest BCUT2D eigenvalue weighted by Gasteiger charge is 2.60. The third-order valence-electron chi connectivity index (χ3n) is 5.76. The Hall–Kier alpha value is -3.27. The molecule has 3 aromatic rings. The summed E-state index contributed by atoms with van der Waals surface area (Å²) in [5.41, 5.74) is 2.90. The maximum Gasteiger partial charge on any atom is 0.224 e. The Morgan fingerprint density at radius 1 is 0.897 bits per heavy atom. The van der Waals surface area contributed by atoms with Gasteiger partial charge in [0.15, 0.2) is 0 Å². The molecular formula is C25H25NO3. The SMILES string of the molecule is COc1cccc(C2(c3cccc(OC)c3)CC2C(=O)NCc2ccccc2)c1. The molecule has 4 rings (SSSR count). The van der Waals surface area contributed by atoms with E-state index in [1.165, 1.54) is 0 Å². The first kappa shape index (κ1) is 19.1. The van der Waals surface area contributed by atoms with Gasteiger partial charge in [-0.3, -0.25) is 4.79 Å². The van der Waals surface area contributed by atoms with Gasteiger partial charge in [0.25, 0.3) is 0 Å². The molecule has 1 aliphatic carbocycles. The maximum atomic E-state index is 13.1. The molecule has 0 radical (unpaired) electrons. The van der Waals surface area contributed by atoms with E-state index >= 15 is 0 Å². The third-order valence-corrected chi connectivity index (χ3v) is 5.76. The van der Waals surface area contributed by atoms with E-state index in [9.17, 15) is 4.79 Å². The highest BCUT2D eigenvalue weighted by atomic mass is 16.5. The lowest BCUT2D eigenvalue weighted by molar-refractivity contribution is -0.122. The average molecular weight is 387 g/mol. The highest BCUT2D eigenvalue weighted by Crippen LogP contribution is 2.59. The quantitative estimate of drug-likeness (QED) is 0.657. The number of nitrogens with one attached hydrogen (secondary N) is 1. The molecule has 1 unspecified atom stereocenters. The Kier molecular flexibility index (Phi) is 5.26. The van der Waals surface area contributed by atoms with Crippen molar-refractivity contribution in [3.8, 4) is 11.5 Å². The summed E-state index contributed by atoms with van der Waals surface area (Å²) >= 11 is 0. The number of hydrogen-bond acceptors (Lipinski definition) is 3. The van der Waals surface area contributed by atoms with E-state index in [1.807, 2.05) is 66.7 Å². The number of methoxy groups -OCH3 is 2. The van der Waals surface area contributed by atoms with Crippen LogP contribution < -0.4 is 14.8 Å². The van der Waals surface area contributed by atoms with Crippen LogP contribution in [0.3, 0.4) is 0 Å². The molecular weight excluding hydrogens is 362 g/mol. The molecule has 1 saturated carbocycles. The predicted octanol–water partition coefficient (Wildman–Crippen LogP) is 4.33. The second-order valence-electron chi connectivity index (χ2n) is 7.40. The van der Waals surface area contributed by atoms with Crippen molar-refractivity contribution in [2.45, 2.75) is 18.4 Å². The lowest BCUT2D eigenvalue weighted by Crippen LogP contribution is -2.28. The Bertz CT molecular complexity index is 952. The van der Waals surface area contributed by atoms with Crippen molar-refractivity contribution in [3.63, 3.8) is 0 Å². The number of benzene rings is 3. The zero-order valence-corrected chi connectivity index (χ0v) is 16.7. The zero-order valence-electron chi connectivity index (χ0n) is 16.7. The molecule has 0 spiro atoms. The van der Waals surface area contributed by atoms with E-state index < -0.39 is 0 Å². The smallest absolute Gasteiger partial charge is 0.224 e. The molecule has 4 nitrogen and oxygen atoms in total. The normalized spacial score (nSPS) is 16.7. The van der Waals surface area contributed by atoms with Gasteiger partial charge in [0.1, 0.15) is 11.5 Å². The number of carbonyl (C=O) groups excluding carboxylic acids is 1. The summed E-state index contributed by atoms with van der Waals surface area (Å²) in [6, 6.07) is 26.0. The van der Waals surface area contributed by atoms with Gasteiger partial charge >= 0.3 is 0 Å². The van der Waals surface area contributed by atoms with Gasteiger partial charge in [-0.05, 0) is 47.4 Å². The van der Waals surface area contributed by atoms with E-state index in [-0.39, 0.29) is 17.2 Å². The molecule has 0 bridgehead atoms. The molecule has 29 heavy (non-hydrogen) atoms. The third kappa shape index (κ3) is 3.70. The molecule has 1 atom stereocenters. The standard InChI is InChI=1S/C25H25NO3/c1-28-21-12-6-10-19(14-21)25(20-11-7-13-22(15-20)29-2)16-23(25)24(27)26-17-18-8-4-3-5-9-18/h3-15,23H,16-17H2,1-2H3,(H,26,27). The Morgan fingerprint density at radius 3 is 2.03 bits per heavy atom. The molecule has 0 heterocycles. The highest BCUT2D eigenvalue weighted by molar-refractivity contribution is 5.86. The predicted molar refractivity (Wildman–Crippen MR) is 113 cm³/mol. The van der Waals surface area contributed by atoms with Gasteiger partial charge in [-0.25, -0.2) is 0 Å². The Morgan fingerprint density at radius 2 is 1.48 bits per heavy atom. The minimum absolute atomic E-state index is 0.0690. The molecule has 1 amide bonds. The van der Waals surface area contributed by atoms with E-state index in [2.05, 4.69) is 17.4 Å². The molecule has 1 fully saturated rings. The zero-order chi connectivity index (χ0) is 20.3. The van der Waals surface area contributed by atoms with Crippen LogP contribution in [0.2, 0.25) is 0 Å². The first-order valence-corrected chi connectivity index (χ1v) is 9.78. The molecule has 1 aliphatic rings. The average Bonchev–Trinajstić information content (AvgIpc) is 3.55. The summed E-state index contributed by atoms with van der Waals surface area (Å²) in [5.74, 6) is 1.52. The van der Waals surface area contributed by atoms with E-state index in [1.54, 1.807) is 14.2 Å². The second kappa shape index (κ2) is 8.00. The molecule has 0 aromatic heterocycles. The summed E-state index contributed by atoms with van der Waals surface area (Å²) in [6.07, 6.45) is 0.758. The first-order valence-electron chi connectivity index (χ1n) is 9.78. The van der Waals surface area contributed by atoms with Crippen molar-refractivity contribution >= 4 is 5.91 Å². The van der Waals surface area contributed by atoms with Crippen molar-refractivity contribution in [3.05, 3.63) is 95.6 Å². The van der Waals surface area contributed by atoms with E-state index in [0.29, 0.717) is 6.54 Å². The molecule has 148 valence electrons. The monoisotopic (exact) mass is 387 g/mol. The number of ether oxygens (including phenoxy) is 2. The van der Waals surface area contributed by atoms with Crippen molar-refractivity contribution in [2.24, 2.45) is 5.92 Å².